The predicted octanol–water partition coefficient (Wildman–Crippen LogP) is 4.20. The first-order valence-electron chi connectivity index (χ1n) is 9.45. The molecule has 2 fully saturated rings. The number of ether oxygens (including phenoxy) is 2. The molecule has 2 saturated carbocycles. The van der Waals surface area contributed by atoms with Crippen LogP contribution in [0.25, 0.3) is 0 Å². The number of carbonyl (C=O) groups excluding carboxylic acids is 2. The molecular formula is C21H30O4. The van der Waals surface area contributed by atoms with E-state index in [4.69, 9.17) is 9.47 Å². The van der Waals surface area contributed by atoms with Crippen molar-refractivity contribution in [2.75, 3.05) is 13.7 Å². The van der Waals surface area contributed by atoms with Crippen LogP contribution in [0.15, 0.2) is 23.8 Å². The summed E-state index contributed by atoms with van der Waals surface area (Å²) in [5.41, 5.74) is 1.70. The number of rotatable bonds is 4. The zero-order valence-corrected chi connectivity index (χ0v) is 15.7. The summed E-state index contributed by atoms with van der Waals surface area (Å²) in [6.07, 6.45) is 8.54. The fourth-order valence-corrected chi connectivity index (χ4v) is 5.86. The molecule has 3 rings (SSSR count). The Morgan fingerprint density at radius 2 is 2.16 bits per heavy atom. The van der Waals surface area contributed by atoms with Gasteiger partial charge in [-0.15, -0.1) is 0 Å². The fourth-order valence-electron chi connectivity index (χ4n) is 5.86. The number of fused-ring (bicyclic) bond motifs is 1. The van der Waals surface area contributed by atoms with Gasteiger partial charge in [0.2, 0.25) is 0 Å². The Labute approximate surface area is 150 Å². The van der Waals surface area contributed by atoms with Crippen molar-refractivity contribution in [3.05, 3.63) is 23.8 Å². The number of carbonyl (C=O) groups is 2. The van der Waals surface area contributed by atoms with Gasteiger partial charge in [0.15, 0.2) is 0 Å². The first-order valence-corrected chi connectivity index (χ1v) is 9.45. The van der Waals surface area contributed by atoms with Crippen LogP contribution in [0.2, 0.25) is 0 Å². The summed E-state index contributed by atoms with van der Waals surface area (Å²) in [6, 6.07) is 0. The SMILES string of the molecule is C=C1CC[C@H]2[C@@](C)(CCC[C@]2(C)C(=O)OC)[C@H]1CCC1=CCOC1=O. The van der Waals surface area contributed by atoms with E-state index in [9.17, 15) is 9.59 Å². The van der Waals surface area contributed by atoms with Gasteiger partial charge in [-0.2, -0.15) is 0 Å². The molecule has 138 valence electrons. The number of esters is 2. The van der Waals surface area contributed by atoms with E-state index in [0.717, 1.165) is 50.5 Å². The van der Waals surface area contributed by atoms with Gasteiger partial charge in [-0.1, -0.05) is 25.5 Å². The molecule has 0 N–H and O–H groups in total. The Balaban J connectivity index is 1.84. The van der Waals surface area contributed by atoms with Crippen LogP contribution < -0.4 is 0 Å². The Bertz CT molecular complexity index is 619. The zero-order chi connectivity index (χ0) is 18.2. The molecule has 4 nitrogen and oxygen atoms in total. The third kappa shape index (κ3) is 2.94. The predicted molar refractivity (Wildman–Crippen MR) is 95.7 cm³/mol. The fraction of sp³-hybridized carbons (Fsp3) is 0.714. The monoisotopic (exact) mass is 346 g/mol. The average molecular weight is 346 g/mol. The summed E-state index contributed by atoms with van der Waals surface area (Å²) in [5, 5.41) is 0. The molecule has 0 aromatic carbocycles. The van der Waals surface area contributed by atoms with E-state index in [2.05, 4.69) is 20.4 Å². The van der Waals surface area contributed by atoms with Crippen LogP contribution in [-0.4, -0.2) is 25.7 Å². The molecule has 4 heteroatoms. The van der Waals surface area contributed by atoms with Gasteiger partial charge in [0, 0.05) is 5.57 Å². The molecule has 0 amide bonds. The summed E-state index contributed by atoms with van der Waals surface area (Å²) in [4.78, 5) is 24.3. The van der Waals surface area contributed by atoms with E-state index in [0.29, 0.717) is 18.4 Å². The highest BCUT2D eigenvalue weighted by Gasteiger charge is 2.57. The second-order valence-corrected chi connectivity index (χ2v) is 8.44. The molecule has 3 aliphatic rings. The lowest BCUT2D eigenvalue weighted by atomic mass is 9.46. The van der Waals surface area contributed by atoms with Crippen molar-refractivity contribution in [1.29, 1.82) is 0 Å². The van der Waals surface area contributed by atoms with Crippen LogP contribution in [0.3, 0.4) is 0 Å². The molecule has 0 radical (unpaired) electrons. The van der Waals surface area contributed by atoms with Gasteiger partial charge in [-0.25, -0.2) is 4.79 Å². The van der Waals surface area contributed by atoms with Gasteiger partial charge in [-0.05, 0) is 68.8 Å². The summed E-state index contributed by atoms with van der Waals surface area (Å²) < 4.78 is 10.2. The molecule has 1 aliphatic heterocycles. The van der Waals surface area contributed by atoms with E-state index in [-0.39, 0.29) is 17.4 Å². The number of methoxy groups -OCH3 is 1. The van der Waals surface area contributed by atoms with Crippen LogP contribution in [0, 0.1) is 22.7 Å². The lowest BCUT2D eigenvalue weighted by molar-refractivity contribution is -0.168. The van der Waals surface area contributed by atoms with Crippen LogP contribution in [0.5, 0.6) is 0 Å². The summed E-state index contributed by atoms with van der Waals surface area (Å²) in [5.74, 6) is 0.397. The normalized spacial score (nSPS) is 38.0. The molecular weight excluding hydrogens is 316 g/mol. The topological polar surface area (TPSA) is 52.6 Å². The van der Waals surface area contributed by atoms with Crippen LogP contribution in [0.4, 0.5) is 0 Å². The van der Waals surface area contributed by atoms with Crippen molar-refractivity contribution >= 4 is 11.9 Å². The minimum atomic E-state index is -0.410. The molecule has 0 unspecified atom stereocenters. The van der Waals surface area contributed by atoms with Crippen molar-refractivity contribution in [2.45, 2.75) is 58.8 Å². The van der Waals surface area contributed by atoms with Crippen molar-refractivity contribution < 1.29 is 19.1 Å². The molecule has 2 aliphatic carbocycles. The van der Waals surface area contributed by atoms with E-state index in [1.165, 1.54) is 12.7 Å². The summed E-state index contributed by atoms with van der Waals surface area (Å²) >= 11 is 0. The summed E-state index contributed by atoms with van der Waals surface area (Å²) in [6.45, 7) is 9.17. The molecule has 1 heterocycles. The maximum absolute atomic E-state index is 12.6. The Hall–Kier alpha value is -1.58. The van der Waals surface area contributed by atoms with Crippen molar-refractivity contribution in [3.8, 4) is 0 Å². The lowest BCUT2D eigenvalue weighted by Gasteiger charge is -2.57. The van der Waals surface area contributed by atoms with E-state index in [1.54, 1.807) is 0 Å². The third-order valence-electron chi connectivity index (χ3n) is 7.18. The average Bonchev–Trinajstić information content (AvgIpc) is 2.98. The highest BCUT2D eigenvalue weighted by Crippen LogP contribution is 2.62. The smallest absolute Gasteiger partial charge is 0.334 e. The lowest BCUT2D eigenvalue weighted by Crippen LogP contribution is -2.53. The number of allylic oxidation sites excluding steroid dienone is 1. The Morgan fingerprint density at radius 3 is 2.80 bits per heavy atom. The maximum atomic E-state index is 12.6. The molecule has 0 spiro atoms. The summed E-state index contributed by atoms with van der Waals surface area (Å²) in [7, 11) is 1.50. The standard InChI is InChI=1S/C21H30O4/c1-14-6-9-17-20(2,11-5-12-21(17,3)19(23)24-4)16(14)8-7-15-10-13-25-18(15)22/h10,16-17H,1,5-9,11-13H2,2-4H3/t16-,17-,20-,21-/m0/s1. The van der Waals surface area contributed by atoms with E-state index >= 15 is 0 Å². The number of hydrogen-bond donors (Lipinski definition) is 0. The van der Waals surface area contributed by atoms with Gasteiger partial charge < -0.3 is 9.47 Å². The second-order valence-electron chi connectivity index (χ2n) is 8.44. The Kier molecular flexibility index (Phi) is 4.82. The van der Waals surface area contributed by atoms with Crippen molar-refractivity contribution in [2.24, 2.45) is 22.7 Å². The second kappa shape index (κ2) is 6.62. The molecule has 25 heavy (non-hydrogen) atoms. The van der Waals surface area contributed by atoms with E-state index < -0.39 is 5.41 Å². The molecule has 0 aromatic rings. The van der Waals surface area contributed by atoms with Gasteiger partial charge in [0.05, 0.1) is 12.5 Å². The number of hydrogen-bond acceptors (Lipinski definition) is 4. The van der Waals surface area contributed by atoms with Crippen molar-refractivity contribution in [1.82, 2.24) is 0 Å². The van der Waals surface area contributed by atoms with Gasteiger partial charge >= 0.3 is 11.9 Å². The first-order chi connectivity index (χ1) is 11.8. The molecule has 0 saturated heterocycles. The highest BCUT2D eigenvalue weighted by atomic mass is 16.5. The zero-order valence-electron chi connectivity index (χ0n) is 15.7. The third-order valence-corrected chi connectivity index (χ3v) is 7.18. The van der Waals surface area contributed by atoms with Crippen LogP contribution in [0.1, 0.15) is 58.8 Å². The van der Waals surface area contributed by atoms with Crippen LogP contribution in [-0.2, 0) is 19.1 Å². The molecule has 0 bridgehead atoms. The van der Waals surface area contributed by atoms with Crippen molar-refractivity contribution in [3.63, 3.8) is 0 Å². The minimum absolute atomic E-state index is 0.0413. The van der Waals surface area contributed by atoms with Crippen LogP contribution >= 0.6 is 0 Å². The Morgan fingerprint density at radius 1 is 1.40 bits per heavy atom. The highest BCUT2D eigenvalue weighted by molar-refractivity contribution is 5.90. The maximum Gasteiger partial charge on any atom is 0.334 e. The van der Waals surface area contributed by atoms with E-state index in [1.807, 2.05) is 6.08 Å². The number of cyclic esters (lactones) is 1. The van der Waals surface area contributed by atoms with Gasteiger partial charge in [0.1, 0.15) is 6.61 Å². The quantitative estimate of drug-likeness (QED) is 0.565. The minimum Gasteiger partial charge on any atom is -0.469 e. The molecule has 0 aromatic heterocycles. The first kappa shape index (κ1) is 18.2. The van der Waals surface area contributed by atoms with Gasteiger partial charge in [-0.3, -0.25) is 4.79 Å². The largest absolute Gasteiger partial charge is 0.469 e. The molecule has 4 atom stereocenters. The van der Waals surface area contributed by atoms with Gasteiger partial charge in [0.25, 0.3) is 0 Å².